The van der Waals surface area contributed by atoms with Gasteiger partial charge in [0.05, 0.1) is 17.7 Å². The molecule has 0 atom stereocenters. The van der Waals surface area contributed by atoms with E-state index in [0.717, 1.165) is 0 Å². The number of methoxy groups -OCH3 is 1. The highest BCUT2D eigenvalue weighted by molar-refractivity contribution is 14.1. The van der Waals surface area contributed by atoms with Gasteiger partial charge in [0, 0.05) is 9.13 Å². The van der Waals surface area contributed by atoms with Crippen LogP contribution in [0.5, 0.6) is 0 Å². The maximum absolute atomic E-state index is 13.2. The zero-order chi connectivity index (χ0) is 10.9. The van der Waals surface area contributed by atoms with E-state index >= 15 is 0 Å². The summed E-state index contributed by atoms with van der Waals surface area (Å²) in [6, 6.07) is 1.28. The van der Waals surface area contributed by atoms with E-state index < -0.39 is 11.8 Å². The molecule has 1 aromatic carbocycles. The number of hydrogen-bond acceptors (Lipinski definition) is 2. The minimum Gasteiger partial charge on any atom is -0.465 e. The van der Waals surface area contributed by atoms with Crippen molar-refractivity contribution < 1.29 is 13.9 Å². The summed E-state index contributed by atoms with van der Waals surface area (Å²) in [5.74, 6) is -1.08. The molecular formula is C9H7ClFIO2. The number of benzene rings is 1. The van der Waals surface area contributed by atoms with Crippen LogP contribution in [0.4, 0.5) is 4.39 Å². The first-order chi connectivity index (χ1) is 6.49. The molecule has 0 amide bonds. The molecule has 0 bridgehead atoms. The lowest BCUT2D eigenvalue weighted by Gasteiger charge is -2.08. The van der Waals surface area contributed by atoms with Crippen molar-refractivity contribution in [1.29, 1.82) is 0 Å². The second-order valence-corrected chi connectivity index (χ2v) is 4.19. The molecule has 1 rings (SSSR count). The monoisotopic (exact) mass is 328 g/mol. The Morgan fingerprint density at radius 1 is 1.64 bits per heavy atom. The van der Waals surface area contributed by atoms with Crippen molar-refractivity contribution in [2.24, 2.45) is 0 Å². The standard InChI is InChI=1S/C9H7ClFIO2/c1-4-5(11)3-6(12)8(10)7(4)9(13)14-2/h3H,1-2H3. The van der Waals surface area contributed by atoms with Crippen LogP contribution in [0.3, 0.4) is 0 Å². The van der Waals surface area contributed by atoms with E-state index in [1.54, 1.807) is 0 Å². The van der Waals surface area contributed by atoms with Gasteiger partial charge in [-0.15, -0.1) is 0 Å². The topological polar surface area (TPSA) is 26.3 Å². The fraction of sp³-hybridized carbons (Fsp3) is 0.222. The van der Waals surface area contributed by atoms with Gasteiger partial charge in [0.1, 0.15) is 5.82 Å². The van der Waals surface area contributed by atoms with Gasteiger partial charge in [-0.2, -0.15) is 0 Å². The van der Waals surface area contributed by atoms with E-state index in [1.807, 2.05) is 22.6 Å². The molecule has 2 nitrogen and oxygen atoms in total. The Balaban J connectivity index is 3.47. The van der Waals surface area contributed by atoms with Gasteiger partial charge >= 0.3 is 5.97 Å². The van der Waals surface area contributed by atoms with Gasteiger partial charge in [-0.25, -0.2) is 9.18 Å². The Morgan fingerprint density at radius 2 is 2.21 bits per heavy atom. The normalized spacial score (nSPS) is 10.1. The zero-order valence-corrected chi connectivity index (χ0v) is 10.4. The molecule has 0 aliphatic carbocycles. The number of ether oxygens (including phenoxy) is 1. The summed E-state index contributed by atoms with van der Waals surface area (Å²) in [5, 5.41) is 0.233. The van der Waals surface area contributed by atoms with Crippen molar-refractivity contribution in [3.8, 4) is 0 Å². The lowest BCUT2D eigenvalue weighted by molar-refractivity contribution is 0.0599. The summed E-state index contributed by atoms with van der Waals surface area (Å²) in [6.07, 6.45) is 0. The summed E-state index contributed by atoms with van der Waals surface area (Å²) in [6.45, 7) is 1.49. The largest absolute Gasteiger partial charge is 0.465 e. The van der Waals surface area contributed by atoms with Crippen LogP contribution in [0, 0.1) is 16.3 Å². The first kappa shape index (κ1) is 11.7. The van der Waals surface area contributed by atoms with E-state index in [4.69, 9.17) is 11.6 Å². The van der Waals surface area contributed by atoms with E-state index in [2.05, 4.69) is 4.74 Å². The van der Waals surface area contributed by atoms with E-state index in [0.29, 0.717) is 3.57 Å². The van der Waals surface area contributed by atoms with Crippen LogP contribution in [-0.2, 0) is 4.74 Å². The lowest BCUT2D eigenvalue weighted by atomic mass is 10.1. The molecule has 0 saturated carbocycles. The summed E-state index contributed by atoms with van der Waals surface area (Å²) in [5.41, 5.74) is 0.306. The molecule has 0 radical (unpaired) electrons. The zero-order valence-electron chi connectivity index (χ0n) is 7.53. The average Bonchev–Trinajstić information content (AvgIpc) is 2.15. The number of rotatable bonds is 1. The highest BCUT2D eigenvalue weighted by Gasteiger charge is 2.19. The minimum atomic E-state index is -0.620. The van der Waals surface area contributed by atoms with Crippen molar-refractivity contribution in [3.63, 3.8) is 0 Å². The molecule has 0 N–H and O–H groups in total. The lowest BCUT2D eigenvalue weighted by Crippen LogP contribution is -2.07. The van der Waals surface area contributed by atoms with Crippen molar-refractivity contribution in [2.45, 2.75) is 6.92 Å². The molecule has 76 valence electrons. The molecule has 0 aromatic heterocycles. The third-order valence-corrected chi connectivity index (χ3v) is 3.37. The van der Waals surface area contributed by atoms with E-state index in [9.17, 15) is 9.18 Å². The second-order valence-electron chi connectivity index (χ2n) is 2.65. The van der Waals surface area contributed by atoms with Gasteiger partial charge in [-0.3, -0.25) is 0 Å². The first-order valence-corrected chi connectivity index (χ1v) is 5.17. The van der Waals surface area contributed by atoms with E-state index in [-0.39, 0.29) is 16.1 Å². The van der Waals surface area contributed by atoms with Crippen LogP contribution in [0.25, 0.3) is 0 Å². The summed E-state index contributed by atoms with van der Waals surface area (Å²) >= 11 is 7.73. The molecule has 0 fully saturated rings. The van der Waals surface area contributed by atoms with Gasteiger partial charge in [0.2, 0.25) is 0 Å². The van der Waals surface area contributed by atoms with Gasteiger partial charge in [-0.05, 0) is 35.6 Å². The third kappa shape index (κ3) is 2.00. The fourth-order valence-corrected chi connectivity index (χ4v) is 1.85. The second kappa shape index (κ2) is 4.44. The summed E-state index contributed by atoms with van der Waals surface area (Å²) in [4.78, 5) is 11.3. The molecule has 5 heteroatoms. The molecule has 0 aliphatic rings. The molecule has 0 heterocycles. The van der Waals surface area contributed by atoms with Gasteiger partial charge in [-0.1, -0.05) is 11.6 Å². The Kier molecular flexibility index (Phi) is 3.71. The maximum atomic E-state index is 13.2. The van der Waals surface area contributed by atoms with Crippen LogP contribution in [0.1, 0.15) is 15.9 Å². The van der Waals surface area contributed by atoms with Crippen molar-refractivity contribution in [2.75, 3.05) is 7.11 Å². The van der Waals surface area contributed by atoms with Crippen molar-refractivity contribution in [1.82, 2.24) is 0 Å². The maximum Gasteiger partial charge on any atom is 0.339 e. The summed E-state index contributed by atoms with van der Waals surface area (Å²) in [7, 11) is 1.23. The fourth-order valence-electron chi connectivity index (χ4n) is 1.03. The number of carbonyl (C=O) groups excluding carboxylic acids is 1. The molecule has 0 unspecified atom stereocenters. The number of halogens is 3. The first-order valence-electron chi connectivity index (χ1n) is 3.71. The van der Waals surface area contributed by atoms with Crippen LogP contribution >= 0.6 is 34.2 Å². The SMILES string of the molecule is COC(=O)c1c(C)c(F)cc(I)c1Cl. The molecule has 0 aliphatic heterocycles. The molecular weight excluding hydrogens is 321 g/mol. The highest BCUT2D eigenvalue weighted by atomic mass is 127. The predicted molar refractivity (Wildman–Crippen MR) is 60.2 cm³/mol. The number of esters is 1. The molecule has 14 heavy (non-hydrogen) atoms. The van der Waals surface area contributed by atoms with Gasteiger partial charge < -0.3 is 4.74 Å². The van der Waals surface area contributed by atoms with Gasteiger partial charge in [0.25, 0.3) is 0 Å². The minimum absolute atomic E-state index is 0.0959. The molecule has 0 saturated heterocycles. The molecule has 0 spiro atoms. The van der Waals surface area contributed by atoms with Crippen LogP contribution in [0.2, 0.25) is 5.02 Å². The Bertz CT molecular complexity index is 367. The smallest absolute Gasteiger partial charge is 0.339 e. The molecule has 1 aromatic rings. The quantitative estimate of drug-likeness (QED) is 0.450. The highest BCUT2D eigenvalue weighted by Crippen LogP contribution is 2.28. The third-order valence-electron chi connectivity index (χ3n) is 1.81. The number of carbonyl (C=O) groups is 1. The van der Waals surface area contributed by atoms with Crippen molar-refractivity contribution >= 4 is 40.2 Å². The number of hydrogen-bond donors (Lipinski definition) is 0. The van der Waals surface area contributed by atoms with E-state index in [1.165, 1.54) is 20.1 Å². The van der Waals surface area contributed by atoms with Crippen molar-refractivity contribution in [3.05, 3.63) is 31.6 Å². The predicted octanol–water partition coefficient (Wildman–Crippen LogP) is 3.18. The Labute approximate surface area is 99.5 Å². The summed E-state index contributed by atoms with van der Waals surface area (Å²) < 4.78 is 18.3. The average molecular weight is 329 g/mol. The van der Waals surface area contributed by atoms with Crippen LogP contribution < -0.4 is 0 Å². The van der Waals surface area contributed by atoms with Crippen LogP contribution in [-0.4, -0.2) is 13.1 Å². The Hall–Kier alpha value is -0.360. The van der Waals surface area contributed by atoms with Gasteiger partial charge in [0.15, 0.2) is 0 Å². The Morgan fingerprint density at radius 3 is 2.71 bits per heavy atom. The van der Waals surface area contributed by atoms with Crippen LogP contribution in [0.15, 0.2) is 6.07 Å².